The van der Waals surface area contributed by atoms with Crippen LogP contribution in [0.3, 0.4) is 0 Å². The molecule has 3 aromatic carbocycles. The second-order valence-electron chi connectivity index (χ2n) is 5.60. The fourth-order valence-corrected chi connectivity index (χ4v) is 2.87. The number of ether oxygens (including phenoxy) is 1. The van der Waals surface area contributed by atoms with Crippen LogP contribution in [-0.2, 0) is 9.63 Å². The van der Waals surface area contributed by atoms with Crippen LogP contribution in [0.15, 0.2) is 84.0 Å². The molecule has 0 saturated heterocycles. The summed E-state index contributed by atoms with van der Waals surface area (Å²) in [4.78, 5) is 17.0. The minimum Gasteiger partial charge on any atom is -0.482 e. The van der Waals surface area contributed by atoms with Crippen molar-refractivity contribution in [1.82, 2.24) is 0 Å². The van der Waals surface area contributed by atoms with E-state index < -0.39 is 5.97 Å². The minimum absolute atomic E-state index is 0.190. The Morgan fingerprint density at radius 3 is 1.84 bits per heavy atom. The molecule has 3 aromatic rings. The van der Waals surface area contributed by atoms with E-state index in [1.165, 1.54) is 0 Å². The normalized spacial score (nSPS) is 11.4. The Labute approximate surface area is 145 Å². The summed E-state index contributed by atoms with van der Waals surface area (Å²) in [5.41, 5.74) is 4.77. The molecule has 0 aromatic heterocycles. The Balaban J connectivity index is 1.52. The number of para-hydroxylation sites is 1. The van der Waals surface area contributed by atoms with Crippen LogP contribution in [0.2, 0.25) is 0 Å². The Kier molecular flexibility index (Phi) is 4.01. The number of oxime groups is 1. The molecule has 0 radical (unpaired) electrons. The van der Waals surface area contributed by atoms with Gasteiger partial charge in [0, 0.05) is 11.1 Å². The molecule has 1 aliphatic carbocycles. The highest BCUT2D eigenvalue weighted by atomic mass is 16.7. The van der Waals surface area contributed by atoms with Gasteiger partial charge < -0.3 is 9.57 Å². The predicted octanol–water partition coefficient (Wildman–Crippen LogP) is 4.04. The molecule has 0 spiro atoms. The van der Waals surface area contributed by atoms with Crippen LogP contribution in [0.1, 0.15) is 11.1 Å². The smallest absolute Gasteiger partial charge is 0.372 e. The number of fused-ring (bicyclic) bond motifs is 3. The first kappa shape index (κ1) is 15.1. The van der Waals surface area contributed by atoms with Crippen molar-refractivity contribution in [3.05, 3.63) is 90.0 Å². The summed E-state index contributed by atoms with van der Waals surface area (Å²) in [7, 11) is 0. The van der Waals surface area contributed by atoms with Gasteiger partial charge >= 0.3 is 5.97 Å². The molecule has 25 heavy (non-hydrogen) atoms. The zero-order valence-corrected chi connectivity index (χ0v) is 13.4. The molecule has 4 rings (SSSR count). The molecule has 0 saturated carbocycles. The van der Waals surface area contributed by atoms with Crippen LogP contribution in [0.4, 0.5) is 0 Å². The SMILES string of the molecule is O=C(COc1ccccc1)ON=C1c2ccccc2-c2ccccc21. The van der Waals surface area contributed by atoms with Crippen molar-refractivity contribution >= 4 is 11.7 Å². The van der Waals surface area contributed by atoms with Crippen LogP contribution < -0.4 is 4.74 Å². The average Bonchev–Trinajstić information content (AvgIpc) is 2.99. The van der Waals surface area contributed by atoms with Crippen molar-refractivity contribution in [3.63, 3.8) is 0 Å². The largest absolute Gasteiger partial charge is 0.482 e. The Bertz CT molecular complexity index is 901. The lowest BCUT2D eigenvalue weighted by Crippen LogP contribution is -2.13. The van der Waals surface area contributed by atoms with Crippen LogP contribution in [0.5, 0.6) is 5.75 Å². The molecule has 0 heterocycles. The molecule has 0 aliphatic heterocycles. The molecule has 0 amide bonds. The Morgan fingerprint density at radius 2 is 1.24 bits per heavy atom. The highest BCUT2D eigenvalue weighted by Crippen LogP contribution is 2.36. The molecule has 0 N–H and O–H groups in total. The summed E-state index contributed by atoms with van der Waals surface area (Å²) in [6.07, 6.45) is 0. The highest BCUT2D eigenvalue weighted by Gasteiger charge is 2.24. The number of carbonyl (C=O) groups is 1. The van der Waals surface area contributed by atoms with Crippen molar-refractivity contribution < 1.29 is 14.4 Å². The van der Waals surface area contributed by atoms with Gasteiger partial charge in [-0.2, -0.15) is 0 Å². The molecular weight excluding hydrogens is 314 g/mol. The second kappa shape index (κ2) is 6.61. The van der Waals surface area contributed by atoms with E-state index >= 15 is 0 Å². The van der Waals surface area contributed by atoms with E-state index in [4.69, 9.17) is 9.57 Å². The number of nitrogens with zero attached hydrogens (tertiary/aromatic N) is 1. The third kappa shape index (κ3) is 3.02. The van der Waals surface area contributed by atoms with Gasteiger partial charge in [-0.15, -0.1) is 0 Å². The van der Waals surface area contributed by atoms with E-state index in [1.54, 1.807) is 12.1 Å². The topological polar surface area (TPSA) is 47.9 Å². The van der Waals surface area contributed by atoms with Crippen LogP contribution >= 0.6 is 0 Å². The lowest BCUT2D eigenvalue weighted by molar-refractivity contribution is -0.146. The summed E-state index contributed by atoms with van der Waals surface area (Å²) in [6, 6.07) is 25.0. The van der Waals surface area contributed by atoms with E-state index in [1.807, 2.05) is 66.7 Å². The fraction of sp³-hybridized carbons (Fsp3) is 0.0476. The van der Waals surface area contributed by atoms with Gasteiger partial charge in [0.1, 0.15) is 11.5 Å². The Morgan fingerprint density at radius 1 is 0.720 bits per heavy atom. The first-order valence-corrected chi connectivity index (χ1v) is 7.98. The zero-order valence-electron chi connectivity index (χ0n) is 13.4. The van der Waals surface area contributed by atoms with Crippen LogP contribution in [0, 0.1) is 0 Å². The van der Waals surface area contributed by atoms with Crippen molar-refractivity contribution in [3.8, 4) is 16.9 Å². The summed E-state index contributed by atoms with van der Waals surface area (Å²) >= 11 is 0. The summed E-state index contributed by atoms with van der Waals surface area (Å²) in [6.45, 7) is -0.190. The van der Waals surface area contributed by atoms with Gasteiger partial charge in [0.2, 0.25) is 0 Å². The number of carbonyl (C=O) groups excluding carboxylic acids is 1. The van der Waals surface area contributed by atoms with Crippen molar-refractivity contribution in [2.24, 2.45) is 5.16 Å². The number of benzene rings is 3. The van der Waals surface area contributed by atoms with Crippen molar-refractivity contribution in [2.75, 3.05) is 6.61 Å². The molecular formula is C21H15NO3. The quantitative estimate of drug-likeness (QED) is 0.419. The monoisotopic (exact) mass is 329 g/mol. The predicted molar refractivity (Wildman–Crippen MR) is 95.5 cm³/mol. The maximum atomic E-state index is 11.9. The molecule has 0 fully saturated rings. The Hall–Kier alpha value is -3.40. The minimum atomic E-state index is -0.543. The summed E-state index contributed by atoms with van der Waals surface area (Å²) in [5, 5.41) is 4.11. The third-order valence-electron chi connectivity index (χ3n) is 3.99. The zero-order chi connectivity index (χ0) is 17.1. The lowest BCUT2D eigenvalue weighted by atomic mass is 10.1. The van der Waals surface area contributed by atoms with E-state index in [0.717, 1.165) is 22.3 Å². The van der Waals surface area contributed by atoms with Crippen molar-refractivity contribution in [1.29, 1.82) is 0 Å². The summed E-state index contributed by atoms with van der Waals surface area (Å²) < 4.78 is 5.38. The van der Waals surface area contributed by atoms with Crippen LogP contribution in [0.25, 0.3) is 11.1 Å². The van der Waals surface area contributed by atoms with Gasteiger partial charge in [-0.05, 0) is 23.3 Å². The molecule has 1 aliphatic rings. The second-order valence-corrected chi connectivity index (χ2v) is 5.60. The van der Waals surface area contributed by atoms with Gasteiger partial charge in [-0.1, -0.05) is 71.9 Å². The van der Waals surface area contributed by atoms with Gasteiger partial charge in [0.25, 0.3) is 0 Å². The first-order chi connectivity index (χ1) is 12.3. The molecule has 0 unspecified atom stereocenters. The number of hydrogen-bond donors (Lipinski definition) is 0. The number of hydrogen-bond acceptors (Lipinski definition) is 4. The average molecular weight is 329 g/mol. The van der Waals surface area contributed by atoms with Crippen LogP contribution in [-0.4, -0.2) is 18.3 Å². The first-order valence-electron chi connectivity index (χ1n) is 7.98. The van der Waals surface area contributed by atoms with E-state index in [0.29, 0.717) is 11.5 Å². The van der Waals surface area contributed by atoms with E-state index in [2.05, 4.69) is 5.16 Å². The maximum Gasteiger partial charge on any atom is 0.372 e. The third-order valence-corrected chi connectivity index (χ3v) is 3.99. The van der Waals surface area contributed by atoms with Gasteiger partial charge in [0.15, 0.2) is 6.61 Å². The standard InChI is InChI=1S/C21H15NO3/c23-20(14-24-15-8-2-1-3-9-15)25-22-21-18-12-6-4-10-16(18)17-11-5-7-13-19(17)21/h1-13H,14H2. The maximum absolute atomic E-state index is 11.9. The molecule has 0 atom stereocenters. The van der Waals surface area contributed by atoms with Crippen molar-refractivity contribution in [2.45, 2.75) is 0 Å². The lowest BCUT2D eigenvalue weighted by Gasteiger charge is -2.04. The molecule has 4 heteroatoms. The van der Waals surface area contributed by atoms with Gasteiger partial charge in [-0.25, -0.2) is 4.79 Å². The molecule has 4 nitrogen and oxygen atoms in total. The van der Waals surface area contributed by atoms with E-state index in [9.17, 15) is 4.79 Å². The van der Waals surface area contributed by atoms with Gasteiger partial charge in [-0.3, -0.25) is 0 Å². The molecule has 0 bridgehead atoms. The van der Waals surface area contributed by atoms with E-state index in [-0.39, 0.29) is 6.61 Å². The summed E-state index contributed by atoms with van der Waals surface area (Å²) in [5.74, 6) is 0.0712. The van der Waals surface area contributed by atoms with Gasteiger partial charge in [0.05, 0.1) is 0 Å². The molecule has 122 valence electrons. The highest BCUT2D eigenvalue weighted by molar-refractivity contribution is 6.24. The number of rotatable bonds is 4. The fourth-order valence-electron chi connectivity index (χ4n) is 2.87.